The van der Waals surface area contributed by atoms with Gasteiger partial charge in [-0.2, -0.15) is 0 Å². The zero-order valence-corrected chi connectivity index (χ0v) is 13.3. The highest BCUT2D eigenvalue weighted by molar-refractivity contribution is 6.32. The number of ether oxygens (including phenoxy) is 2. The van der Waals surface area contributed by atoms with E-state index in [9.17, 15) is 4.79 Å². The summed E-state index contributed by atoms with van der Waals surface area (Å²) in [6.45, 7) is 3.73. The number of esters is 1. The third-order valence-electron chi connectivity index (χ3n) is 3.86. The van der Waals surface area contributed by atoms with Gasteiger partial charge in [-0.05, 0) is 23.3 Å². The molecule has 0 fully saturated rings. The van der Waals surface area contributed by atoms with E-state index in [1.807, 2.05) is 43.3 Å². The molecule has 0 radical (unpaired) electrons. The standard InChI is InChI=1S/C18H17ClO3/c1-11(10-21-12(2)20)14-7-8-17-15(18(14)19)9-13-5-3-4-6-16(13)22-17/h3-8,11H,9-10H2,1-2H3. The molecule has 0 amide bonds. The SMILES string of the molecule is CC(=O)OCC(C)c1ccc2c(c1Cl)Cc1ccccc1O2. The van der Waals surface area contributed by atoms with E-state index in [0.717, 1.165) is 34.6 Å². The molecule has 0 N–H and O–H groups in total. The van der Waals surface area contributed by atoms with Gasteiger partial charge in [-0.3, -0.25) is 4.79 Å². The van der Waals surface area contributed by atoms with Gasteiger partial charge in [-0.25, -0.2) is 0 Å². The fourth-order valence-electron chi connectivity index (χ4n) is 2.65. The van der Waals surface area contributed by atoms with Crippen molar-refractivity contribution >= 4 is 17.6 Å². The second-order valence-electron chi connectivity index (χ2n) is 5.54. The summed E-state index contributed by atoms with van der Waals surface area (Å²) in [6.07, 6.45) is 0.748. The average Bonchev–Trinajstić information content (AvgIpc) is 2.51. The van der Waals surface area contributed by atoms with Gasteiger partial charge in [0.15, 0.2) is 0 Å². The van der Waals surface area contributed by atoms with E-state index in [4.69, 9.17) is 21.1 Å². The van der Waals surface area contributed by atoms with Gasteiger partial charge in [0.2, 0.25) is 0 Å². The van der Waals surface area contributed by atoms with Crippen molar-refractivity contribution in [2.75, 3.05) is 6.61 Å². The molecule has 114 valence electrons. The number of carbonyl (C=O) groups is 1. The Morgan fingerprint density at radius 2 is 2.05 bits per heavy atom. The van der Waals surface area contributed by atoms with Crippen molar-refractivity contribution in [1.29, 1.82) is 0 Å². The number of benzene rings is 2. The zero-order chi connectivity index (χ0) is 15.7. The molecule has 2 aromatic carbocycles. The lowest BCUT2D eigenvalue weighted by Crippen LogP contribution is -2.10. The van der Waals surface area contributed by atoms with Crippen molar-refractivity contribution < 1.29 is 14.3 Å². The second-order valence-corrected chi connectivity index (χ2v) is 5.91. The Bertz CT molecular complexity index is 724. The maximum Gasteiger partial charge on any atom is 0.302 e. The summed E-state index contributed by atoms with van der Waals surface area (Å²) >= 11 is 6.58. The van der Waals surface area contributed by atoms with Crippen molar-refractivity contribution in [2.24, 2.45) is 0 Å². The molecule has 4 heteroatoms. The molecule has 2 aromatic rings. The van der Waals surface area contributed by atoms with Gasteiger partial charge in [0, 0.05) is 24.8 Å². The maximum absolute atomic E-state index is 11.0. The van der Waals surface area contributed by atoms with E-state index in [1.165, 1.54) is 6.92 Å². The van der Waals surface area contributed by atoms with Crippen LogP contribution in [0.3, 0.4) is 0 Å². The van der Waals surface area contributed by atoms with Crippen molar-refractivity contribution in [1.82, 2.24) is 0 Å². The molecule has 0 bridgehead atoms. The van der Waals surface area contributed by atoms with E-state index in [0.29, 0.717) is 11.6 Å². The summed E-state index contributed by atoms with van der Waals surface area (Å²) < 4.78 is 11.0. The van der Waals surface area contributed by atoms with Crippen LogP contribution in [-0.2, 0) is 16.0 Å². The van der Waals surface area contributed by atoms with Crippen molar-refractivity contribution in [3.8, 4) is 11.5 Å². The fraction of sp³-hybridized carbons (Fsp3) is 0.278. The summed E-state index contributed by atoms with van der Waals surface area (Å²) in [5.41, 5.74) is 3.10. The fourth-order valence-corrected chi connectivity index (χ4v) is 3.06. The highest BCUT2D eigenvalue weighted by Crippen LogP contribution is 2.42. The number of hydrogen-bond donors (Lipinski definition) is 0. The normalized spacial score (nSPS) is 13.6. The number of fused-ring (bicyclic) bond motifs is 2. The summed E-state index contributed by atoms with van der Waals surface area (Å²) in [6, 6.07) is 11.8. The van der Waals surface area contributed by atoms with Crippen LogP contribution in [0.2, 0.25) is 5.02 Å². The Hall–Kier alpha value is -2.00. The minimum absolute atomic E-state index is 0.0406. The molecular formula is C18H17ClO3. The van der Waals surface area contributed by atoms with Gasteiger partial charge in [-0.15, -0.1) is 0 Å². The quantitative estimate of drug-likeness (QED) is 0.657. The Balaban J connectivity index is 1.90. The Labute approximate surface area is 134 Å². The van der Waals surface area contributed by atoms with Crippen LogP contribution in [0.5, 0.6) is 11.5 Å². The lowest BCUT2D eigenvalue weighted by atomic mass is 9.94. The Morgan fingerprint density at radius 3 is 2.82 bits per heavy atom. The molecule has 3 rings (SSSR count). The van der Waals surface area contributed by atoms with Crippen molar-refractivity contribution in [3.05, 3.63) is 58.1 Å². The van der Waals surface area contributed by atoms with Gasteiger partial charge in [0.25, 0.3) is 0 Å². The molecule has 0 spiro atoms. The average molecular weight is 317 g/mol. The molecule has 3 nitrogen and oxygen atoms in total. The number of rotatable bonds is 3. The van der Waals surface area contributed by atoms with Crippen LogP contribution in [0.4, 0.5) is 0 Å². The van der Waals surface area contributed by atoms with Gasteiger partial charge < -0.3 is 9.47 Å². The summed E-state index contributed by atoms with van der Waals surface area (Å²) in [7, 11) is 0. The van der Waals surface area contributed by atoms with Gasteiger partial charge >= 0.3 is 5.97 Å². The topological polar surface area (TPSA) is 35.5 Å². The molecular weight excluding hydrogens is 300 g/mol. The molecule has 1 aliphatic heterocycles. The second kappa shape index (κ2) is 6.01. The third kappa shape index (κ3) is 2.81. The number of hydrogen-bond acceptors (Lipinski definition) is 3. The third-order valence-corrected chi connectivity index (χ3v) is 4.30. The van der Waals surface area contributed by atoms with E-state index < -0.39 is 0 Å². The first-order chi connectivity index (χ1) is 10.6. The van der Waals surface area contributed by atoms with E-state index >= 15 is 0 Å². The molecule has 22 heavy (non-hydrogen) atoms. The predicted octanol–water partition coefficient (Wildman–Crippen LogP) is 4.70. The molecule has 0 aliphatic carbocycles. The van der Waals surface area contributed by atoms with E-state index in [-0.39, 0.29) is 11.9 Å². The van der Waals surface area contributed by atoms with Crippen LogP contribution in [0, 0.1) is 0 Å². The molecule has 1 atom stereocenters. The summed E-state index contributed by atoms with van der Waals surface area (Å²) in [5.74, 6) is 1.44. The monoisotopic (exact) mass is 316 g/mol. The van der Waals surface area contributed by atoms with Gasteiger partial charge in [-0.1, -0.05) is 42.8 Å². The summed E-state index contributed by atoms with van der Waals surface area (Å²) in [4.78, 5) is 11.0. The van der Waals surface area contributed by atoms with Crippen molar-refractivity contribution in [2.45, 2.75) is 26.2 Å². The van der Waals surface area contributed by atoms with E-state index in [1.54, 1.807) is 0 Å². The minimum atomic E-state index is -0.279. The zero-order valence-electron chi connectivity index (χ0n) is 12.6. The number of carbonyl (C=O) groups excluding carboxylic acids is 1. The highest BCUT2D eigenvalue weighted by atomic mass is 35.5. The number of para-hydroxylation sites is 1. The molecule has 0 saturated heterocycles. The lowest BCUT2D eigenvalue weighted by molar-refractivity contribution is -0.141. The van der Waals surface area contributed by atoms with Crippen LogP contribution in [0.15, 0.2) is 36.4 Å². The summed E-state index contributed by atoms with van der Waals surface area (Å²) in [5, 5.41) is 0.701. The molecule has 1 heterocycles. The predicted molar refractivity (Wildman–Crippen MR) is 85.8 cm³/mol. The van der Waals surface area contributed by atoms with Crippen LogP contribution in [0.25, 0.3) is 0 Å². The Kier molecular flexibility index (Phi) is 4.08. The van der Waals surface area contributed by atoms with Crippen LogP contribution >= 0.6 is 11.6 Å². The number of halogens is 1. The molecule has 1 aliphatic rings. The van der Waals surface area contributed by atoms with Crippen LogP contribution in [0.1, 0.15) is 36.5 Å². The first-order valence-electron chi connectivity index (χ1n) is 7.26. The molecule has 0 aromatic heterocycles. The Morgan fingerprint density at radius 1 is 1.27 bits per heavy atom. The minimum Gasteiger partial charge on any atom is -0.465 e. The first-order valence-corrected chi connectivity index (χ1v) is 7.64. The van der Waals surface area contributed by atoms with E-state index in [2.05, 4.69) is 0 Å². The smallest absolute Gasteiger partial charge is 0.302 e. The molecule has 1 unspecified atom stereocenters. The first kappa shape index (κ1) is 14.9. The maximum atomic E-state index is 11.0. The van der Waals surface area contributed by atoms with Crippen LogP contribution < -0.4 is 4.74 Å². The largest absolute Gasteiger partial charge is 0.465 e. The van der Waals surface area contributed by atoms with Crippen LogP contribution in [-0.4, -0.2) is 12.6 Å². The highest BCUT2D eigenvalue weighted by Gasteiger charge is 2.22. The van der Waals surface area contributed by atoms with Crippen molar-refractivity contribution in [3.63, 3.8) is 0 Å². The lowest BCUT2D eigenvalue weighted by Gasteiger charge is -2.23. The molecule has 0 saturated carbocycles. The van der Waals surface area contributed by atoms with Gasteiger partial charge in [0.1, 0.15) is 11.5 Å². The van der Waals surface area contributed by atoms with Gasteiger partial charge in [0.05, 0.1) is 11.6 Å².